The van der Waals surface area contributed by atoms with E-state index in [4.69, 9.17) is 0 Å². The van der Waals surface area contributed by atoms with Gasteiger partial charge in [-0.05, 0) is 47.2 Å². The first-order chi connectivity index (χ1) is 8.05. The summed E-state index contributed by atoms with van der Waals surface area (Å²) in [4.78, 5) is 0. The summed E-state index contributed by atoms with van der Waals surface area (Å²) in [5.74, 6) is 0. The average molecular weight is 351 g/mol. The minimum Gasteiger partial charge on any atom is -0.0677 e. The summed E-state index contributed by atoms with van der Waals surface area (Å²) in [6.07, 6.45) is 0.995. The van der Waals surface area contributed by atoms with Gasteiger partial charge >= 0.3 is 0 Å². The molecule has 3 rings (SSSR count). The average Bonchev–Trinajstić information content (AvgIpc) is 2.65. The quantitative estimate of drug-likeness (QED) is 0.540. The Labute approximate surface area is 118 Å². The summed E-state index contributed by atoms with van der Waals surface area (Å²) >= 11 is 7.23. The second-order valence-corrected chi connectivity index (χ2v) is 8.72. The van der Waals surface area contributed by atoms with Gasteiger partial charge in [0, 0.05) is 0 Å². The molecule has 0 saturated heterocycles. The van der Waals surface area contributed by atoms with Gasteiger partial charge in [-0.25, -0.2) is 0 Å². The fourth-order valence-electron chi connectivity index (χ4n) is 2.31. The molecule has 0 aromatic heterocycles. The van der Waals surface area contributed by atoms with Gasteiger partial charge in [-0.3, -0.25) is 0 Å². The summed E-state index contributed by atoms with van der Waals surface area (Å²) in [5.41, 5.74) is 6.53. The van der Waals surface area contributed by atoms with Gasteiger partial charge in [0.2, 0.25) is 0 Å². The Balaban J connectivity index is 2.13. The highest BCUT2D eigenvalue weighted by atomic mass is 79.9. The molecule has 0 N–H and O–H groups in total. The number of hydrogen-bond donors (Lipinski definition) is 0. The lowest BCUT2D eigenvalue weighted by atomic mass is 10.0. The Morgan fingerprint density at radius 1 is 1.06 bits per heavy atom. The van der Waals surface area contributed by atoms with Gasteiger partial charge < -0.3 is 0 Å². The molecule has 0 heterocycles. The predicted molar refractivity (Wildman–Crippen MR) is 78.7 cm³/mol. The molecule has 0 spiro atoms. The zero-order valence-corrected chi connectivity index (χ0v) is 12.6. The molecule has 0 aliphatic heterocycles. The van der Waals surface area contributed by atoms with Crippen molar-refractivity contribution in [1.82, 2.24) is 0 Å². The van der Waals surface area contributed by atoms with Crippen LogP contribution in [-0.2, 0) is 9.65 Å². The highest BCUT2D eigenvalue weighted by molar-refractivity contribution is 9.24. The van der Waals surface area contributed by atoms with Gasteiger partial charge in [0.1, 0.15) is 3.23 Å². The molecule has 2 heteroatoms. The first-order valence-electron chi connectivity index (χ1n) is 5.57. The van der Waals surface area contributed by atoms with Crippen LogP contribution in [0.15, 0.2) is 36.4 Å². The Morgan fingerprint density at radius 3 is 2.59 bits per heavy atom. The number of fused-ring (bicyclic) bond motifs is 3. The van der Waals surface area contributed by atoms with Crippen molar-refractivity contribution in [3.8, 4) is 11.1 Å². The first-order valence-corrected chi connectivity index (χ1v) is 7.16. The van der Waals surface area contributed by atoms with Gasteiger partial charge in [-0.15, -0.1) is 0 Å². The Bertz CT molecular complexity index is 580. The fraction of sp³-hybridized carbons (Fsp3) is 0.200. The second kappa shape index (κ2) is 3.96. The lowest BCUT2D eigenvalue weighted by molar-refractivity contribution is 1.05. The summed E-state index contributed by atoms with van der Waals surface area (Å²) in [5, 5.41) is 0. The van der Waals surface area contributed by atoms with E-state index in [0.717, 1.165) is 12.0 Å². The molecule has 1 radical (unpaired) electrons. The zero-order chi connectivity index (χ0) is 12.0. The van der Waals surface area contributed by atoms with Crippen LogP contribution in [0, 0.1) is 6.07 Å². The molecule has 0 nitrogen and oxygen atoms in total. The van der Waals surface area contributed by atoms with Crippen LogP contribution >= 0.6 is 31.9 Å². The van der Waals surface area contributed by atoms with E-state index >= 15 is 0 Å². The molecule has 17 heavy (non-hydrogen) atoms. The second-order valence-electron chi connectivity index (χ2n) is 4.49. The van der Waals surface area contributed by atoms with E-state index in [1.54, 1.807) is 0 Å². The van der Waals surface area contributed by atoms with Crippen molar-refractivity contribution in [2.75, 3.05) is 0 Å². The summed E-state index contributed by atoms with van der Waals surface area (Å²) in [6, 6.07) is 16.4. The van der Waals surface area contributed by atoms with Gasteiger partial charge in [0.15, 0.2) is 0 Å². The van der Waals surface area contributed by atoms with Gasteiger partial charge in [-0.2, -0.15) is 0 Å². The van der Waals surface area contributed by atoms with Crippen LogP contribution in [0.25, 0.3) is 11.1 Å². The SMILES string of the molecule is CC(Br)(Br)c1[c]c2c(cc1)-c1ccccc1C2. The fourth-order valence-corrected chi connectivity index (χ4v) is 2.78. The highest BCUT2D eigenvalue weighted by Gasteiger charge is 2.23. The lowest BCUT2D eigenvalue weighted by Crippen LogP contribution is -2.02. The van der Waals surface area contributed by atoms with Crippen LogP contribution in [0.2, 0.25) is 0 Å². The summed E-state index contributed by atoms with van der Waals surface area (Å²) in [7, 11) is 0. The van der Waals surface area contributed by atoms with Crippen molar-refractivity contribution >= 4 is 31.9 Å². The molecule has 2 aromatic carbocycles. The zero-order valence-electron chi connectivity index (χ0n) is 9.43. The largest absolute Gasteiger partial charge is 0.103 e. The molecule has 1 aliphatic rings. The molecule has 0 fully saturated rings. The Morgan fingerprint density at radius 2 is 1.82 bits per heavy atom. The maximum Gasteiger partial charge on any atom is 0.103 e. The number of rotatable bonds is 1. The van der Waals surface area contributed by atoms with Crippen LogP contribution in [0.3, 0.4) is 0 Å². The van der Waals surface area contributed by atoms with Crippen LogP contribution in [0.4, 0.5) is 0 Å². The Kier molecular flexibility index (Phi) is 2.68. The normalized spacial score (nSPS) is 13.4. The van der Waals surface area contributed by atoms with Gasteiger partial charge in [-0.1, -0.05) is 68.3 Å². The number of benzene rings is 2. The minimum atomic E-state index is -0.191. The van der Waals surface area contributed by atoms with Gasteiger partial charge in [0.05, 0.1) is 0 Å². The molecule has 0 bridgehead atoms. The molecule has 0 amide bonds. The predicted octanol–water partition coefficient (Wildman–Crippen LogP) is 5.02. The highest BCUT2D eigenvalue weighted by Crippen LogP contribution is 2.42. The summed E-state index contributed by atoms with van der Waals surface area (Å²) < 4.78 is -0.191. The van der Waals surface area contributed by atoms with E-state index in [-0.39, 0.29) is 3.23 Å². The smallest absolute Gasteiger partial charge is 0.0677 e. The van der Waals surface area contributed by atoms with Crippen molar-refractivity contribution in [3.05, 3.63) is 59.2 Å². The van der Waals surface area contributed by atoms with E-state index in [2.05, 4.69) is 81.2 Å². The van der Waals surface area contributed by atoms with Gasteiger partial charge in [0.25, 0.3) is 0 Å². The molecule has 0 atom stereocenters. The Hall–Kier alpha value is -0.600. The lowest BCUT2D eigenvalue weighted by Gasteiger charge is -2.15. The molecule has 0 unspecified atom stereocenters. The topological polar surface area (TPSA) is 0 Å². The molecular weight excluding hydrogens is 340 g/mol. The van der Waals surface area contributed by atoms with E-state index < -0.39 is 0 Å². The maximum atomic E-state index is 3.62. The monoisotopic (exact) mass is 349 g/mol. The first kappa shape index (κ1) is 11.5. The van der Waals surface area contributed by atoms with Crippen molar-refractivity contribution in [1.29, 1.82) is 0 Å². The maximum absolute atomic E-state index is 3.62. The van der Waals surface area contributed by atoms with Crippen LogP contribution < -0.4 is 0 Å². The van der Waals surface area contributed by atoms with Crippen LogP contribution in [0.1, 0.15) is 23.6 Å². The van der Waals surface area contributed by atoms with E-state index in [9.17, 15) is 0 Å². The molecule has 85 valence electrons. The number of hydrogen-bond acceptors (Lipinski definition) is 0. The summed E-state index contributed by atoms with van der Waals surface area (Å²) in [6.45, 7) is 2.08. The van der Waals surface area contributed by atoms with Crippen molar-refractivity contribution in [2.24, 2.45) is 0 Å². The molecule has 2 aromatic rings. The number of halogens is 2. The van der Waals surface area contributed by atoms with E-state index in [0.29, 0.717) is 0 Å². The third kappa shape index (κ3) is 1.98. The van der Waals surface area contributed by atoms with E-state index in [1.807, 2.05) is 0 Å². The van der Waals surface area contributed by atoms with Crippen LogP contribution in [0.5, 0.6) is 0 Å². The number of alkyl halides is 2. The minimum absolute atomic E-state index is 0.191. The standard InChI is InChI=1S/C15H11Br2/c1-15(16,17)12-6-7-14-11(9-12)8-10-4-2-3-5-13(10)14/h2-7H,8H2,1H3. The van der Waals surface area contributed by atoms with Crippen molar-refractivity contribution in [3.63, 3.8) is 0 Å². The molecular formula is C15H11Br2. The van der Waals surface area contributed by atoms with Crippen LogP contribution in [-0.4, -0.2) is 0 Å². The van der Waals surface area contributed by atoms with Crippen molar-refractivity contribution < 1.29 is 0 Å². The third-order valence-corrected chi connectivity index (χ3v) is 4.03. The van der Waals surface area contributed by atoms with Crippen molar-refractivity contribution in [2.45, 2.75) is 16.6 Å². The molecule has 1 aliphatic carbocycles. The van der Waals surface area contributed by atoms with E-state index in [1.165, 1.54) is 22.3 Å². The third-order valence-electron chi connectivity index (χ3n) is 3.18. The molecule has 0 saturated carbocycles.